The molecule has 4 nitrogen and oxygen atoms in total. The minimum Gasteiger partial charge on any atom is -0.356 e. The lowest BCUT2D eigenvalue weighted by Crippen LogP contribution is -2.38. The van der Waals surface area contributed by atoms with Gasteiger partial charge in [0.25, 0.3) is 0 Å². The molecular weight excluding hydrogens is 272 g/mol. The third kappa shape index (κ3) is 4.88. The topological polar surface area (TPSA) is 49.3 Å². The van der Waals surface area contributed by atoms with Crippen molar-refractivity contribution in [2.75, 3.05) is 13.6 Å². The predicted molar refractivity (Wildman–Crippen MR) is 92.1 cm³/mol. The van der Waals surface area contributed by atoms with Crippen LogP contribution in [-0.4, -0.2) is 24.5 Å². The van der Waals surface area contributed by atoms with Crippen LogP contribution in [0.4, 0.5) is 0 Å². The van der Waals surface area contributed by atoms with E-state index < -0.39 is 0 Å². The van der Waals surface area contributed by atoms with E-state index in [1.165, 1.54) is 16.7 Å². The van der Waals surface area contributed by atoms with Gasteiger partial charge in [-0.05, 0) is 43.5 Å². The summed E-state index contributed by atoms with van der Waals surface area (Å²) in [6.45, 7) is 5.81. The summed E-state index contributed by atoms with van der Waals surface area (Å²) >= 11 is 0. The van der Waals surface area contributed by atoms with E-state index in [4.69, 9.17) is 0 Å². The molecule has 2 N–H and O–H groups in total. The number of aliphatic imine (C=N–C) groups is 1. The number of hydrogen-bond donors (Lipinski definition) is 2. The second kappa shape index (κ2) is 8.17. The number of nitrogens with zero attached hydrogens (tertiary/aromatic N) is 2. The highest BCUT2D eigenvalue weighted by atomic mass is 15.2. The van der Waals surface area contributed by atoms with E-state index in [1.54, 1.807) is 13.2 Å². The van der Waals surface area contributed by atoms with E-state index in [1.807, 2.05) is 18.2 Å². The molecule has 0 aliphatic rings. The van der Waals surface area contributed by atoms with Crippen molar-refractivity contribution >= 4 is 5.96 Å². The summed E-state index contributed by atoms with van der Waals surface area (Å²) in [5, 5.41) is 6.61. The Morgan fingerprint density at radius 2 is 2.00 bits per heavy atom. The molecule has 0 amide bonds. The largest absolute Gasteiger partial charge is 0.356 e. The number of aryl methyl sites for hydroxylation is 2. The van der Waals surface area contributed by atoms with Crippen molar-refractivity contribution < 1.29 is 0 Å². The fourth-order valence-corrected chi connectivity index (χ4v) is 2.34. The third-order valence-corrected chi connectivity index (χ3v) is 3.57. The van der Waals surface area contributed by atoms with Gasteiger partial charge in [-0.25, -0.2) is 0 Å². The zero-order valence-corrected chi connectivity index (χ0v) is 13.6. The molecule has 0 fully saturated rings. The third-order valence-electron chi connectivity index (χ3n) is 3.57. The average molecular weight is 296 g/mol. The Kier molecular flexibility index (Phi) is 5.95. The van der Waals surface area contributed by atoms with Crippen molar-refractivity contribution in [3.8, 4) is 0 Å². The van der Waals surface area contributed by atoms with Crippen LogP contribution in [0.3, 0.4) is 0 Å². The van der Waals surface area contributed by atoms with Gasteiger partial charge in [0.2, 0.25) is 0 Å². The first-order valence-electron chi connectivity index (χ1n) is 7.59. The van der Waals surface area contributed by atoms with Crippen LogP contribution in [0.25, 0.3) is 0 Å². The number of nitrogens with one attached hydrogen (secondary N) is 2. The fourth-order valence-electron chi connectivity index (χ4n) is 2.34. The van der Waals surface area contributed by atoms with E-state index >= 15 is 0 Å². The summed E-state index contributed by atoms with van der Waals surface area (Å²) in [5.74, 6) is 0.801. The Hall–Kier alpha value is -2.36. The molecule has 116 valence electrons. The zero-order valence-electron chi connectivity index (χ0n) is 13.6. The van der Waals surface area contributed by atoms with Crippen LogP contribution in [0.5, 0.6) is 0 Å². The smallest absolute Gasteiger partial charge is 0.191 e. The maximum absolute atomic E-state index is 4.29. The number of pyridine rings is 1. The van der Waals surface area contributed by atoms with E-state index in [-0.39, 0.29) is 0 Å². The van der Waals surface area contributed by atoms with Gasteiger partial charge in [0.1, 0.15) is 0 Å². The van der Waals surface area contributed by atoms with E-state index in [0.29, 0.717) is 6.54 Å². The van der Waals surface area contributed by atoms with Crippen LogP contribution in [0.2, 0.25) is 0 Å². The summed E-state index contributed by atoms with van der Waals surface area (Å²) in [6, 6.07) is 12.5. The number of aromatic nitrogens is 1. The Morgan fingerprint density at radius 3 is 2.68 bits per heavy atom. The summed E-state index contributed by atoms with van der Waals surface area (Å²) < 4.78 is 0. The maximum atomic E-state index is 4.29. The van der Waals surface area contributed by atoms with Gasteiger partial charge in [-0.2, -0.15) is 0 Å². The molecule has 0 bridgehead atoms. The lowest BCUT2D eigenvalue weighted by atomic mass is 10.0. The highest BCUT2D eigenvalue weighted by molar-refractivity contribution is 5.79. The Bertz CT molecular complexity index is 620. The lowest BCUT2D eigenvalue weighted by molar-refractivity contribution is 0.782. The molecular formula is C18H24N4. The van der Waals surface area contributed by atoms with Crippen LogP contribution in [-0.2, 0) is 13.0 Å². The molecule has 0 spiro atoms. The fraction of sp³-hybridized carbons (Fsp3) is 0.333. The monoisotopic (exact) mass is 296 g/mol. The Labute approximate surface area is 132 Å². The summed E-state index contributed by atoms with van der Waals surface area (Å²) in [5.41, 5.74) is 5.03. The first kappa shape index (κ1) is 16.0. The molecule has 2 aromatic rings. The zero-order chi connectivity index (χ0) is 15.8. The molecule has 0 aliphatic heterocycles. The van der Waals surface area contributed by atoms with Crippen molar-refractivity contribution in [1.29, 1.82) is 0 Å². The van der Waals surface area contributed by atoms with Crippen LogP contribution in [0.15, 0.2) is 47.6 Å². The van der Waals surface area contributed by atoms with Gasteiger partial charge in [-0.1, -0.05) is 29.8 Å². The van der Waals surface area contributed by atoms with Crippen LogP contribution >= 0.6 is 0 Å². The van der Waals surface area contributed by atoms with Crippen molar-refractivity contribution in [3.05, 3.63) is 65.0 Å². The van der Waals surface area contributed by atoms with Crippen LogP contribution in [0, 0.1) is 13.8 Å². The SMILES string of the molecule is CN=C(NCCc1ccc(C)cc1C)NCc1ccccn1. The van der Waals surface area contributed by atoms with Crippen molar-refractivity contribution in [2.24, 2.45) is 4.99 Å². The molecule has 1 heterocycles. The Balaban J connectivity index is 1.79. The minimum atomic E-state index is 0.671. The van der Waals surface area contributed by atoms with Gasteiger partial charge in [0.15, 0.2) is 5.96 Å². The number of rotatable bonds is 5. The van der Waals surface area contributed by atoms with Crippen molar-refractivity contribution in [1.82, 2.24) is 15.6 Å². The standard InChI is InChI=1S/C18H24N4/c1-14-7-8-16(15(2)12-14)9-11-21-18(19-3)22-13-17-6-4-5-10-20-17/h4-8,10,12H,9,11,13H2,1-3H3,(H2,19,21,22). The summed E-state index contributed by atoms with van der Waals surface area (Å²) in [6.07, 6.45) is 2.78. The molecule has 4 heteroatoms. The van der Waals surface area contributed by atoms with Gasteiger partial charge >= 0.3 is 0 Å². The summed E-state index contributed by atoms with van der Waals surface area (Å²) in [4.78, 5) is 8.52. The van der Waals surface area contributed by atoms with Gasteiger partial charge in [-0.3, -0.25) is 9.98 Å². The molecule has 0 unspecified atom stereocenters. The van der Waals surface area contributed by atoms with Crippen molar-refractivity contribution in [3.63, 3.8) is 0 Å². The normalized spacial score (nSPS) is 11.3. The second-order valence-corrected chi connectivity index (χ2v) is 5.35. The van der Waals surface area contributed by atoms with Crippen molar-refractivity contribution in [2.45, 2.75) is 26.8 Å². The highest BCUT2D eigenvalue weighted by Crippen LogP contribution is 2.10. The van der Waals surface area contributed by atoms with Gasteiger partial charge < -0.3 is 10.6 Å². The molecule has 22 heavy (non-hydrogen) atoms. The maximum Gasteiger partial charge on any atom is 0.191 e. The van der Waals surface area contributed by atoms with Gasteiger partial charge in [0, 0.05) is 19.8 Å². The minimum absolute atomic E-state index is 0.671. The van der Waals surface area contributed by atoms with E-state index in [0.717, 1.165) is 24.6 Å². The van der Waals surface area contributed by atoms with E-state index in [2.05, 4.69) is 52.7 Å². The number of hydrogen-bond acceptors (Lipinski definition) is 2. The molecule has 0 radical (unpaired) electrons. The van der Waals surface area contributed by atoms with Gasteiger partial charge in [-0.15, -0.1) is 0 Å². The number of benzene rings is 1. The molecule has 0 saturated carbocycles. The summed E-state index contributed by atoms with van der Waals surface area (Å²) in [7, 11) is 1.78. The highest BCUT2D eigenvalue weighted by Gasteiger charge is 2.01. The molecule has 1 aromatic carbocycles. The molecule has 1 aromatic heterocycles. The first-order chi connectivity index (χ1) is 10.7. The average Bonchev–Trinajstić information content (AvgIpc) is 2.53. The number of guanidine groups is 1. The van der Waals surface area contributed by atoms with Crippen LogP contribution < -0.4 is 10.6 Å². The van der Waals surface area contributed by atoms with Crippen LogP contribution in [0.1, 0.15) is 22.4 Å². The van der Waals surface area contributed by atoms with E-state index in [9.17, 15) is 0 Å². The Morgan fingerprint density at radius 1 is 1.14 bits per heavy atom. The molecule has 2 rings (SSSR count). The van der Waals surface area contributed by atoms with Gasteiger partial charge in [0.05, 0.1) is 12.2 Å². The molecule has 0 saturated heterocycles. The quantitative estimate of drug-likeness (QED) is 0.658. The molecule has 0 atom stereocenters. The lowest BCUT2D eigenvalue weighted by Gasteiger charge is -2.12. The predicted octanol–water partition coefficient (Wildman–Crippen LogP) is 2.61. The molecule has 0 aliphatic carbocycles. The first-order valence-corrected chi connectivity index (χ1v) is 7.59. The second-order valence-electron chi connectivity index (χ2n) is 5.35.